The maximum atomic E-state index is 13.5. The summed E-state index contributed by atoms with van der Waals surface area (Å²) in [5, 5.41) is 4.12. The Labute approximate surface area is 203 Å². The van der Waals surface area contributed by atoms with E-state index in [0.29, 0.717) is 5.56 Å². The molecule has 0 bridgehead atoms. The van der Waals surface area contributed by atoms with Crippen molar-refractivity contribution in [1.29, 1.82) is 0 Å². The highest BCUT2D eigenvalue weighted by Gasteiger charge is 2.27. The fourth-order valence-electron chi connectivity index (χ4n) is 4.79. The van der Waals surface area contributed by atoms with Crippen molar-refractivity contribution in [3.63, 3.8) is 0 Å². The topological polar surface area (TPSA) is 54.3 Å². The van der Waals surface area contributed by atoms with E-state index in [1.807, 2.05) is 70.9 Å². The maximum Gasteiger partial charge on any atom is 0.258 e. The van der Waals surface area contributed by atoms with Gasteiger partial charge in [-0.3, -0.25) is 9.59 Å². The molecule has 5 nitrogen and oxygen atoms in total. The minimum absolute atomic E-state index is 0.0741. The number of aryl methyl sites for hydroxylation is 1. The van der Waals surface area contributed by atoms with Crippen molar-refractivity contribution in [3.8, 4) is 5.00 Å². The quantitative estimate of drug-likeness (QED) is 0.507. The Bertz CT molecular complexity index is 1180. The second-order valence-electron chi connectivity index (χ2n) is 8.90. The van der Waals surface area contributed by atoms with Gasteiger partial charge in [0.15, 0.2) is 0 Å². The lowest BCUT2D eigenvalue weighted by atomic mass is 10.0. The molecule has 0 radical (unpaired) electrons. The van der Waals surface area contributed by atoms with E-state index in [0.717, 1.165) is 59.1 Å². The van der Waals surface area contributed by atoms with Crippen LogP contribution in [0.4, 0.5) is 5.69 Å². The number of nitrogens with zero attached hydrogens (tertiary/aromatic N) is 2. The van der Waals surface area contributed by atoms with E-state index in [1.54, 1.807) is 11.3 Å². The number of hydrogen-bond acceptors (Lipinski definition) is 4. The van der Waals surface area contributed by atoms with E-state index in [9.17, 15) is 9.59 Å². The summed E-state index contributed by atoms with van der Waals surface area (Å²) in [6, 6.07) is 9.88. The Morgan fingerprint density at radius 1 is 1.15 bits per heavy atom. The van der Waals surface area contributed by atoms with Crippen LogP contribution >= 0.6 is 23.1 Å². The zero-order valence-electron chi connectivity index (χ0n) is 19.1. The van der Waals surface area contributed by atoms with Crippen LogP contribution in [0.2, 0.25) is 0 Å². The van der Waals surface area contributed by atoms with E-state index in [1.165, 1.54) is 16.9 Å². The van der Waals surface area contributed by atoms with Gasteiger partial charge in [-0.1, -0.05) is 0 Å². The van der Waals surface area contributed by atoms with Crippen molar-refractivity contribution >= 4 is 40.6 Å². The Hall–Kier alpha value is -2.51. The Kier molecular flexibility index (Phi) is 6.34. The van der Waals surface area contributed by atoms with Gasteiger partial charge in [0, 0.05) is 46.9 Å². The number of nitrogens with one attached hydrogen (secondary N) is 1. The molecule has 1 unspecified atom stereocenters. The normalized spacial score (nSPS) is 18.1. The van der Waals surface area contributed by atoms with Gasteiger partial charge in [0.2, 0.25) is 0 Å². The number of piperidine rings is 1. The van der Waals surface area contributed by atoms with Crippen molar-refractivity contribution < 1.29 is 9.59 Å². The minimum Gasteiger partial charge on any atom is -0.336 e. The molecule has 2 aliphatic rings. The third kappa shape index (κ3) is 4.36. The van der Waals surface area contributed by atoms with Gasteiger partial charge < -0.3 is 14.8 Å². The van der Waals surface area contributed by atoms with Crippen molar-refractivity contribution in [2.24, 2.45) is 0 Å². The van der Waals surface area contributed by atoms with Crippen LogP contribution in [0.25, 0.3) is 5.00 Å². The summed E-state index contributed by atoms with van der Waals surface area (Å²) in [5.41, 5.74) is 4.32. The molecule has 2 aliphatic heterocycles. The van der Waals surface area contributed by atoms with E-state index in [2.05, 4.69) is 12.2 Å². The molecular weight excluding hydrogens is 450 g/mol. The number of thioether (sulfide) groups is 1. The molecule has 1 aromatic carbocycles. The number of anilines is 1. The standard InChI is InChI=1S/C26H29N3O2S2/c1-17-15-19(25(31)29-13-4-3-7-18(29)2)8-9-21(17)27-24(30)23-20-10-14-32-16-22(20)33-26(23)28-11-5-6-12-28/h5-6,8-9,11-12,15,18H,3-4,7,10,13-14,16H2,1-2H3,(H,27,30). The average molecular weight is 480 g/mol. The molecule has 5 rings (SSSR count). The SMILES string of the molecule is Cc1cc(C(=O)N2CCCCC2C)ccc1NC(=O)c1c(-n2cccc2)sc2c1CCSC2. The number of hydrogen-bond donors (Lipinski definition) is 1. The molecule has 7 heteroatoms. The Balaban J connectivity index is 1.41. The Morgan fingerprint density at radius 3 is 2.73 bits per heavy atom. The fraction of sp³-hybridized carbons (Fsp3) is 0.385. The molecule has 0 spiro atoms. The first kappa shape index (κ1) is 22.3. The average Bonchev–Trinajstić information content (AvgIpc) is 3.48. The van der Waals surface area contributed by atoms with Gasteiger partial charge >= 0.3 is 0 Å². The lowest BCUT2D eigenvalue weighted by molar-refractivity contribution is 0.0635. The van der Waals surface area contributed by atoms with Crippen molar-refractivity contribution in [2.45, 2.75) is 51.3 Å². The fourth-order valence-corrected chi connectivity index (χ4v) is 7.24. The summed E-state index contributed by atoms with van der Waals surface area (Å²) in [6.07, 6.45) is 8.22. The number of fused-ring (bicyclic) bond motifs is 1. The van der Waals surface area contributed by atoms with E-state index < -0.39 is 0 Å². The van der Waals surface area contributed by atoms with Crippen LogP contribution in [0.1, 0.15) is 62.9 Å². The highest BCUT2D eigenvalue weighted by atomic mass is 32.2. The lowest BCUT2D eigenvalue weighted by Crippen LogP contribution is -2.42. The predicted octanol–water partition coefficient (Wildman–Crippen LogP) is 5.90. The summed E-state index contributed by atoms with van der Waals surface area (Å²) >= 11 is 3.64. The summed E-state index contributed by atoms with van der Waals surface area (Å²) in [5.74, 6) is 2.02. The predicted molar refractivity (Wildman–Crippen MR) is 137 cm³/mol. The van der Waals surface area contributed by atoms with Crippen molar-refractivity contribution in [2.75, 3.05) is 17.6 Å². The molecule has 3 aromatic rings. The highest BCUT2D eigenvalue weighted by molar-refractivity contribution is 7.98. The minimum atomic E-state index is -0.0741. The van der Waals surface area contributed by atoms with Gasteiger partial charge in [-0.2, -0.15) is 11.8 Å². The first-order valence-corrected chi connectivity index (χ1v) is 13.6. The summed E-state index contributed by atoms with van der Waals surface area (Å²) in [7, 11) is 0. The largest absolute Gasteiger partial charge is 0.336 e. The molecule has 0 aliphatic carbocycles. The summed E-state index contributed by atoms with van der Waals surface area (Å²) in [6.45, 7) is 4.90. The number of likely N-dealkylation sites (tertiary alicyclic amines) is 1. The molecule has 1 saturated heterocycles. The van der Waals surface area contributed by atoms with E-state index in [4.69, 9.17) is 0 Å². The number of benzene rings is 1. The molecule has 1 atom stereocenters. The summed E-state index contributed by atoms with van der Waals surface area (Å²) in [4.78, 5) is 29.9. The van der Waals surface area contributed by atoms with Crippen LogP contribution in [0, 0.1) is 6.92 Å². The van der Waals surface area contributed by atoms with Crippen LogP contribution in [0.5, 0.6) is 0 Å². The van der Waals surface area contributed by atoms with Gasteiger partial charge in [0.25, 0.3) is 11.8 Å². The van der Waals surface area contributed by atoms with Crippen LogP contribution in [-0.4, -0.2) is 39.6 Å². The molecular formula is C26H29N3O2S2. The highest BCUT2D eigenvalue weighted by Crippen LogP contribution is 2.38. The zero-order valence-corrected chi connectivity index (χ0v) is 20.7. The summed E-state index contributed by atoms with van der Waals surface area (Å²) < 4.78 is 2.04. The van der Waals surface area contributed by atoms with Crippen molar-refractivity contribution in [1.82, 2.24) is 9.47 Å². The number of thiophene rings is 1. The monoisotopic (exact) mass is 479 g/mol. The smallest absolute Gasteiger partial charge is 0.258 e. The van der Waals surface area contributed by atoms with Crippen LogP contribution in [-0.2, 0) is 12.2 Å². The molecule has 2 amide bonds. The number of carbonyl (C=O) groups is 2. The zero-order chi connectivity index (χ0) is 22.9. The lowest BCUT2D eigenvalue weighted by Gasteiger charge is -2.33. The molecule has 2 aromatic heterocycles. The maximum absolute atomic E-state index is 13.5. The van der Waals surface area contributed by atoms with Crippen LogP contribution in [0.3, 0.4) is 0 Å². The van der Waals surface area contributed by atoms with E-state index >= 15 is 0 Å². The first-order valence-electron chi connectivity index (χ1n) is 11.6. The number of carbonyl (C=O) groups excluding carboxylic acids is 2. The van der Waals surface area contributed by atoms with Crippen LogP contribution < -0.4 is 5.32 Å². The molecule has 33 heavy (non-hydrogen) atoms. The molecule has 1 N–H and O–H groups in total. The van der Waals surface area contributed by atoms with Gasteiger partial charge in [0.1, 0.15) is 5.00 Å². The number of amides is 2. The molecule has 172 valence electrons. The molecule has 4 heterocycles. The number of aromatic nitrogens is 1. The molecule has 0 saturated carbocycles. The first-order chi connectivity index (χ1) is 16.0. The molecule has 1 fully saturated rings. The van der Waals surface area contributed by atoms with Gasteiger partial charge in [0.05, 0.1) is 5.56 Å². The van der Waals surface area contributed by atoms with Gasteiger partial charge in [-0.15, -0.1) is 11.3 Å². The van der Waals surface area contributed by atoms with Crippen LogP contribution in [0.15, 0.2) is 42.7 Å². The second kappa shape index (κ2) is 9.39. The van der Waals surface area contributed by atoms with Gasteiger partial charge in [-0.05, 0) is 86.7 Å². The van der Waals surface area contributed by atoms with Gasteiger partial charge in [-0.25, -0.2) is 0 Å². The number of rotatable bonds is 4. The van der Waals surface area contributed by atoms with Crippen molar-refractivity contribution in [3.05, 3.63) is 69.9 Å². The second-order valence-corrected chi connectivity index (χ2v) is 11.1. The third-order valence-electron chi connectivity index (χ3n) is 6.65. The third-order valence-corrected chi connectivity index (χ3v) is 9.07. The Morgan fingerprint density at radius 2 is 1.97 bits per heavy atom. The van der Waals surface area contributed by atoms with E-state index in [-0.39, 0.29) is 17.9 Å².